The molecule has 0 saturated carbocycles. The van der Waals surface area contributed by atoms with Crippen molar-refractivity contribution in [1.29, 1.82) is 0 Å². The van der Waals surface area contributed by atoms with Crippen molar-refractivity contribution in [3.05, 3.63) is 51.1 Å². The molecule has 8 heteroatoms. The zero-order valence-corrected chi connectivity index (χ0v) is 21.3. The number of H-pyrrole nitrogens is 2. The molecule has 0 fully saturated rings. The maximum atomic E-state index is 12.4. The quantitative estimate of drug-likeness (QED) is 0.154. The fraction of sp³-hybridized carbons (Fsp3) is 0.231. The summed E-state index contributed by atoms with van der Waals surface area (Å²) in [4.78, 5) is 33.0. The molecule has 0 radical (unpaired) electrons. The van der Waals surface area contributed by atoms with Gasteiger partial charge in [-0.2, -0.15) is 0 Å². The summed E-state index contributed by atoms with van der Waals surface area (Å²) in [5.74, 6) is 0.380. The Hall–Kier alpha value is -3.11. The summed E-state index contributed by atoms with van der Waals surface area (Å²) in [5.41, 5.74) is 4.70. The number of benzene rings is 3. The Morgan fingerprint density at radius 3 is 2.29 bits per heavy atom. The third-order valence-corrected chi connectivity index (χ3v) is 7.03. The lowest BCUT2D eigenvalue weighted by molar-refractivity contribution is 0.0526. The number of likely N-dealkylation sites (N-methyl/N-ethyl adjacent to an activating group) is 1. The van der Waals surface area contributed by atoms with Crippen LogP contribution in [0.5, 0.6) is 5.75 Å². The van der Waals surface area contributed by atoms with Crippen molar-refractivity contribution in [2.45, 2.75) is 6.92 Å². The minimum Gasteiger partial charge on any atom is -0.488 e. The minimum absolute atomic E-state index is 0.321. The first kappa shape index (κ1) is 22.7. The van der Waals surface area contributed by atoms with E-state index in [2.05, 4.69) is 37.5 Å². The van der Waals surface area contributed by atoms with Crippen LogP contribution < -0.4 is 4.74 Å². The van der Waals surface area contributed by atoms with E-state index in [-0.39, 0.29) is 5.97 Å². The highest BCUT2D eigenvalue weighted by Crippen LogP contribution is 2.44. The molecule has 174 valence electrons. The van der Waals surface area contributed by atoms with Crippen LogP contribution in [0.15, 0.2) is 36.4 Å². The summed E-state index contributed by atoms with van der Waals surface area (Å²) >= 11 is 2.35. The number of halogens is 1. The van der Waals surface area contributed by atoms with Crippen molar-refractivity contribution >= 4 is 78.5 Å². The Morgan fingerprint density at radius 2 is 1.68 bits per heavy atom. The number of nitrogens with zero attached hydrogens (tertiary/aromatic N) is 1. The highest BCUT2D eigenvalue weighted by molar-refractivity contribution is 14.1. The lowest BCUT2D eigenvalue weighted by Gasteiger charge is -2.13. The second kappa shape index (κ2) is 8.92. The fourth-order valence-electron chi connectivity index (χ4n) is 4.34. The van der Waals surface area contributed by atoms with Gasteiger partial charge in [0.2, 0.25) is 0 Å². The highest BCUT2D eigenvalue weighted by Gasteiger charge is 2.22. The average Bonchev–Trinajstić information content (AvgIpc) is 3.39. The molecule has 0 aliphatic heterocycles. The number of hydrogen-bond donors (Lipinski definition) is 2. The number of ether oxygens (including phenoxy) is 2. The third kappa shape index (κ3) is 3.70. The topological polar surface area (TPSA) is 87.4 Å². The number of rotatable bonds is 7. The predicted molar refractivity (Wildman–Crippen MR) is 143 cm³/mol. The molecule has 0 aliphatic carbocycles. The molecule has 0 spiro atoms. The van der Waals surface area contributed by atoms with E-state index in [4.69, 9.17) is 9.47 Å². The minimum atomic E-state index is -0.347. The Morgan fingerprint density at radius 1 is 1.03 bits per heavy atom. The van der Waals surface area contributed by atoms with Crippen molar-refractivity contribution in [3.63, 3.8) is 0 Å². The molecule has 0 aliphatic rings. The van der Waals surface area contributed by atoms with Gasteiger partial charge in [0.1, 0.15) is 12.9 Å². The molecule has 5 rings (SSSR count). The summed E-state index contributed by atoms with van der Waals surface area (Å²) < 4.78 is 12.6. The summed E-state index contributed by atoms with van der Waals surface area (Å²) in [5, 5.41) is 3.85. The molecule has 5 aromatic rings. The summed E-state index contributed by atoms with van der Waals surface area (Å²) in [6.45, 7) is 3.39. The molecule has 0 saturated heterocycles. The summed E-state index contributed by atoms with van der Waals surface area (Å²) in [6, 6.07) is 11.2. The van der Waals surface area contributed by atoms with Gasteiger partial charge in [-0.05, 0) is 80.0 Å². The normalized spacial score (nSPS) is 11.8. The van der Waals surface area contributed by atoms with Crippen molar-refractivity contribution in [1.82, 2.24) is 14.9 Å². The van der Waals surface area contributed by atoms with E-state index in [0.29, 0.717) is 24.3 Å². The average molecular weight is 569 g/mol. The highest BCUT2D eigenvalue weighted by atomic mass is 127. The summed E-state index contributed by atoms with van der Waals surface area (Å²) in [7, 11) is 4.01. The molecule has 0 atom stereocenters. The van der Waals surface area contributed by atoms with Gasteiger partial charge in [0.15, 0.2) is 5.75 Å². The number of aldehydes is 1. The van der Waals surface area contributed by atoms with Crippen LogP contribution in [-0.4, -0.2) is 61.0 Å². The monoisotopic (exact) mass is 569 g/mol. The van der Waals surface area contributed by atoms with Gasteiger partial charge in [-0.25, -0.2) is 4.79 Å². The van der Waals surface area contributed by atoms with E-state index in [9.17, 15) is 9.59 Å². The van der Waals surface area contributed by atoms with Crippen LogP contribution in [0.3, 0.4) is 0 Å². The van der Waals surface area contributed by atoms with Gasteiger partial charge in [0.25, 0.3) is 0 Å². The molecule has 34 heavy (non-hydrogen) atoms. The smallest absolute Gasteiger partial charge is 0.338 e. The van der Waals surface area contributed by atoms with E-state index >= 15 is 0 Å². The van der Waals surface area contributed by atoms with Crippen LogP contribution >= 0.6 is 22.6 Å². The predicted octanol–water partition coefficient (Wildman–Crippen LogP) is 5.49. The molecule has 2 N–H and O–H groups in total. The summed E-state index contributed by atoms with van der Waals surface area (Å²) in [6.07, 6.45) is 0.857. The lowest BCUT2D eigenvalue weighted by Crippen LogP contribution is -2.19. The molecule has 0 amide bonds. The number of esters is 1. The molecule has 0 bridgehead atoms. The van der Waals surface area contributed by atoms with Gasteiger partial charge in [0.05, 0.1) is 23.2 Å². The standard InChI is InChI=1S/C26H24IN3O4/c1-4-33-26(32)15-6-8-19-17(12-15)21-22(27)20-16-11-14(13-31)5-7-18(16)28-23(20)25(24(21)29-19)34-10-9-30(2)3/h5-8,11-13,28-29H,4,9-10H2,1-3H3. The van der Waals surface area contributed by atoms with Gasteiger partial charge >= 0.3 is 5.97 Å². The number of carbonyl (C=O) groups is 2. The molecule has 2 aromatic heterocycles. The van der Waals surface area contributed by atoms with E-state index in [1.54, 1.807) is 19.1 Å². The van der Waals surface area contributed by atoms with Gasteiger partial charge in [-0.3, -0.25) is 4.79 Å². The molecular formula is C26H24IN3O4. The van der Waals surface area contributed by atoms with Crippen LogP contribution in [0.4, 0.5) is 0 Å². The number of hydrogen-bond acceptors (Lipinski definition) is 5. The van der Waals surface area contributed by atoms with Gasteiger partial charge < -0.3 is 24.3 Å². The van der Waals surface area contributed by atoms with Crippen molar-refractivity contribution in [3.8, 4) is 5.75 Å². The Bertz CT molecular complexity index is 1580. The van der Waals surface area contributed by atoms with Crippen LogP contribution in [0, 0.1) is 3.57 Å². The largest absolute Gasteiger partial charge is 0.488 e. The second-order valence-electron chi connectivity index (χ2n) is 8.45. The van der Waals surface area contributed by atoms with E-state index in [0.717, 1.165) is 65.8 Å². The first-order chi connectivity index (χ1) is 16.4. The van der Waals surface area contributed by atoms with Gasteiger partial charge in [-0.15, -0.1) is 0 Å². The number of nitrogens with one attached hydrogen (secondary N) is 2. The maximum Gasteiger partial charge on any atom is 0.338 e. The van der Waals surface area contributed by atoms with E-state index in [1.807, 2.05) is 38.4 Å². The van der Waals surface area contributed by atoms with E-state index in [1.165, 1.54) is 0 Å². The number of aromatic nitrogens is 2. The van der Waals surface area contributed by atoms with E-state index < -0.39 is 0 Å². The van der Waals surface area contributed by atoms with Crippen LogP contribution in [-0.2, 0) is 4.74 Å². The first-order valence-corrected chi connectivity index (χ1v) is 12.1. The number of carbonyl (C=O) groups excluding carboxylic acids is 2. The van der Waals surface area contributed by atoms with Crippen LogP contribution in [0.25, 0.3) is 43.6 Å². The zero-order chi connectivity index (χ0) is 24.0. The number of fused-ring (bicyclic) bond motifs is 6. The fourth-order valence-corrected chi connectivity index (χ4v) is 5.46. The van der Waals surface area contributed by atoms with Crippen molar-refractivity contribution in [2.75, 3.05) is 33.9 Å². The Balaban J connectivity index is 1.85. The zero-order valence-electron chi connectivity index (χ0n) is 19.1. The van der Waals surface area contributed by atoms with Crippen molar-refractivity contribution < 1.29 is 19.1 Å². The van der Waals surface area contributed by atoms with Crippen molar-refractivity contribution in [2.24, 2.45) is 0 Å². The Kier molecular flexibility index (Phi) is 5.95. The molecule has 2 heterocycles. The van der Waals surface area contributed by atoms with Crippen LogP contribution in [0.1, 0.15) is 27.6 Å². The molecule has 7 nitrogen and oxygen atoms in total. The van der Waals surface area contributed by atoms with Gasteiger partial charge in [0, 0.05) is 48.3 Å². The Labute approximate surface area is 209 Å². The first-order valence-electron chi connectivity index (χ1n) is 11.0. The second-order valence-corrected chi connectivity index (χ2v) is 9.53. The lowest BCUT2D eigenvalue weighted by atomic mass is 10.0. The molecule has 0 unspecified atom stereocenters. The molecular weight excluding hydrogens is 545 g/mol. The maximum absolute atomic E-state index is 12.4. The molecule has 3 aromatic carbocycles. The van der Waals surface area contributed by atoms with Crippen LogP contribution in [0.2, 0.25) is 0 Å². The third-order valence-electron chi connectivity index (χ3n) is 5.95. The SMILES string of the molecule is CCOC(=O)c1ccc2[nH]c3c(OCCN(C)C)c4[nH]c5ccc(C=O)cc5c4c(I)c3c2c1. The number of aromatic amines is 2. The van der Waals surface area contributed by atoms with Gasteiger partial charge in [-0.1, -0.05) is 0 Å².